The predicted molar refractivity (Wildman–Crippen MR) is 70.6 cm³/mol. The van der Waals surface area contributed by atoms with Crippen LogP contribution in [0.1, 0.15) is 36.1 Å². The second-order valence-corrected chi connectivity index (χ2v) is 5.02. The molecule has 4 nitrogen and oxygen atoms in total. The Labute approximate surface area is 108 Å². The maximum atomic E-state index is 12.2. The van der Waals surface area contributed by atoms with Gasteiger partial charge in [-0.15, -0.1) is 0 Å². The van der Waals surface area contributed by atoms with E-state index >= 15 is 0 Å². The van der Waals surface area contributed by atoms with E-state index in [0.717, 1.165) is 31.8 Å². The van der Waals surface area contributed by atoms with Crippen LogP contribution in [0.4, 0.5) is 0 Å². The van der Waals surface area contributed by atoms with Gasteiger partial charge in [-0.2, -0.15) is 0 Å². The van der Waals surface area contributed by atoms with Crippen LogP contribution in [0.5, 0.6) is 0 Å². The topological polar surface area (TPSA) is 45.5 Å². The zero-order chi connectivity index (χ0) is 13.0. The number of furan rings is 1. The lowest BCUT2D eigenvalue weighted by Crippen LogP contribution is -2.39. The lowest BCUT2D eigenvalue weighted by molar-refractivity contribution is 0.0731. The van der Waals surface area contributed by atoms with Crippen LogP contribution in [0.15, 0.2) is 16.5 Å². The molecule has 1 aliphatic rings. The zero-order valence-electron chi connectivity index (χ0n) is 11.2. The molecule has 1 amide bonds. The molecule has 4 heteroatoms. The fraction of sp³-hybridized carbons (Fsp3) is 0.643. The molecule has 0 aromatic carbocycles. The molecule has 0 radical (unpaired) electrons. The van der Waals surface area contributed by atoms with Crippen LogP contribution in [-0.2, 0) is 6.42 Å². The number of amides is 1. The van der Waals surface area contributed by atoms with Crippen LogP contribution in [0.25, 0.3) is 0 Å². The van der Waals surface area contributed by atoms with E-state index in [0.29, 0.717) is 11.7 Å². The highest BCUT2D eigenvalue weighted by atomic mass is 16.4. The van der Waals surface area contributed by atoms with Crippen molar-refractivity contribution >= 4 is 5.91 Å². The molecule has 0 saturated carbocycles. The average molecular weight is 250 g/mol. The molecule has 2 rings (SSSR count). The molecule has 1 N–H and O–H groups in total. The molecule has 100 valence electrons. The Balaban J connectivity index is 1.91. The Morgan fingerprint density at radius 1 is 1.56 bits per heavy atom. The first kappa shape index (κ1) is 13.1. The maximum absolute atomic E-state index is 12.2. The highest BCUT2D eigenvalue weighted by Crippen LogP contribution is 2.14. The molecule has 0 aliphatic carbocycles. The number of nitrogens with one attached hydrogen (secondary N) is 1. The fourth-order valence-corrected chi connectivity index (χ4v) is 2.42. The summed E-state index contributed by atoms with van der Waals surface area (Å²) in [5.41, 5.74) is 0. The van der Waals surface area contributed by atoms with Gasteiger partial charge in [0, 0.05) is 20.0 Å². The summed E-state index contributed by atoms with van der Waals surface area (Å²) in [5.74, 6) is 1.87. The van der Waals surface area contributed by atoms with E-state index < -0.39 is 0 Å². The maximum Gasteiger partial charge on any atom is 0.289 e. The van der Waals surface area contributed by atoms with E-state index in [2.05, 4.69) is 5.32 Å². The van der Waals surface area contributed by atoms with Crippen molar-refractivity contribution in [3.63, 3.8) is 0 Å². The van der Waals surface area contributed by atoms with Gasteiger partial charge in [-0.3, -0.25) is 4.79 Å². The second-order valence-electron chi connectivity index (χ2n) is 5.02. The summed E-state index contributed by atoms with van der Waals surface area (Å²) in [5, 5.41) is 3.37. The summed E-state index contributed by atoms with van der Waals surface area (Å²) in [6.45, 7) is 4.93. The number of carbonyl (C=O) groups excluding carboxylic acids is 1. The van der Waals surface area contributed by atoms with E-state index in [4.69, 9.17) is 4.42 Å². The highest BCUT2D eigenvalue weighted by molar-refractivity contribution is 5.91. The minimum atomic E-state index is -0.0136. The van der Waals surface area contributed by atoms with Crippen LogP contribution < -0.4 is 5.32 Å². The van der Waals surface area contributed by atoms with E-state index in [1.807, 2.05) is 20.0 Å². The van der Waals surface area contributed by atoms with E-state index in [-0.39, 0.29) is 5.91 Å². The Kier molecular flexibility index (Phi) is 4.42. The van der Waals surface area contributed by atoms with E-state index in [1.165, 1.54) is 12.8 Å². The number of piperidine rings is 1. The third-order valence-corrected chi connectivity index (χ3v) is 3.50. The Morgan fingerprint density at radius 2 is 2.39 bits per heavy atom. The largest absolute Gasteiger partial charge is 0.456 e. The predicted octanol–water partition coefficient (Wildman–Crippen LogP) is 1.91. The van der Waals surface area contributed by atoms with Gasteiger partial charge < -0.3 is 14.6 Å². The minimum absolute atomic E-state index is 0.0136. The normalized spacial score (nSPS) is 19.8. The molecule has 18 heavy (non-hydrogen) atoms. The number of hydrogen-bond donors (Lipinski definition) is 1. The molecule has 0 spiro atoms. The summed E-state index contributed by atoms with van der Waals surface area (Å²) < 4.78 is 5.50. The van der Waals surface area contributed by atoms with Gasteiger partial charge in [0.05, 0.1) is 0 Å². The van der Waals surface area contributed by atoms with Crippen LogP contribution in [-0.4, -0.2) is 37.5 Å². The number of carbonyl (C=O) groups is 1. The molecule has 2 heterocycles. The highest BCUT2D eigenvalue weighted by Gasteiger charge is 2.20. The van der Waals surface area contributed by atoms with E-state index in [9.17, 15) is 4.79 Å². The summed E-state index contributed by atoms with van der Waals surface area (Å²) in [6.07, 6.45) is 3.22. The van der Waals surface area contributed by atoms with Crippen LogP contribution in [0.3, 0.4) is 0 Å². The molecule has 1 atom stereocenters. The summed E-state index contributed by atoms with van der Waals surface area (Å²) in [7, 11) is 1.85. The average Bonchev–Trinajstić information content (AvgIpc) is 2.87. The van der Waals surface area contributed by atoms with Gasteiger partial charge in [0.15, 0.2) is 5.76 Å². The molecule has 1 unspecified atom stereocenters. The standard InChI is InChI=1S/C14H22N2O2/c1-3-12-6-7-13(18-12)14(17)16(2)10-11-5-4-8-15-9-11/h6-7,11,15H,3-5,8-10H2,1-2H3. The molecule has 0 bridgehead atoms. The van der Waals surface area contributed by atoms with Crippen LogP contribution in [0, 0.1) is 5.92 Å². The Bertz CT molecular complexity index is 394. The molecular weight excluding hydrogens is 228 g/mol. The second kappa shape index (κ2) is 6.05. The monoisotopic (exact) mass is 250 g/mol. The van der Waals surface area contributed by atoms with Crippen LogP contribution >= 0.6 is 0 Å². The lowest BCUT2D eigenvalue weighted by Gasteiger charge is -2.27. The van der Waals surface area contributed by atoms with Gasteiger partial charge in [-0.1, -0.05) is 6.92 Å². The smallest absolute Gasteiger partial charge is 0.289 e. The van der Waals surface area contributed by atoms with Crippen molar-refractivity contribution in [1.82, 2.24) is 10.2 Å². The first-order valence-corrected chi connectivity index (χ1v) is 6.75. The third-order valence-electron chi connectivity index (χ3n) is 3.50. The van der Waals surface area contributed by atoms with Crippen molar-refractivity contribution in [1.29, 1.82) is 0 Å². The summed E-state index contributed by atoms with van der Waals surface area (Å²) in [4.78, 5) is 13.9. The molecule has 1 fully saturated rings. The molecule has 1 aromatic rings. The summed E-state index contributed by atoms with van der Waals surface area (Å²) >= 11 is 0. The van der Waals surface area contributed by atoms with Crippen molar-refractivity contribution in [2.45, 2.75) is 26.2 Å². The fourth-order valence-electron chi connectivity index (χ4n) is 2.42. The van der Waals surface area contributed by atoms with Gasteiger partial charge in [0.2, 0.25) is 0 Å². The Morgan fingerprint density at radius 3 is 3.00 bits per heavy atom. The van der Waals surface area contributed by atoms with Crippen molar-refractivity contribution in [3.8, 4) is 0 Å². The van der Waals surface area contributed by atoms with E-state index in [1.54, 1.807) is 11.0 Å². The summed E-state index contributed by atoms with van der Waals surface area (Å²) in [6, 6.07) is 3.65. The van der Waals surface area contributed by atoms with Gasteiger partial charge in [0.1, 0.15) is 5.76 Å². The van der Waals surface area contributed by atoms with Gasteiger partial charge >= 0.3 is 0 Å². The molecule has 1 aromatic heterocycles. The minimum Gasteiger partial charge on any atom is -0.456 e. The molecular formula is C14H22N2O2. The lowest BCUT2D eigenvalue weighted by atomic mass is 9.99. The number of rotatable bonds is 4. The van der Waals surface area contributed by atoms with Gasteiger partial charge in [-0.05, 0) is 44.0 Å². The number of nitrogens with zero attached hydrogens (tertiary/aromatic N) is 1. The van der Waals surface area contributed by atoms with Gasteiger partial charge in [0.25, 0.3) is 5.91 Å². The number of hydrogen-bond acceptors (Lipinski definition) is 3. The van der Waals surface area contributed by atoms with Crippen molar-refractivity contribution in [2.75, 3.05) is 26.7 Å². The molecule has 1 saturated heterocycles. The Hall–Kier alpha value is -1.29. The first-order chi connectivity index (χ1) is 8.70. The van der Waals surface area contributed by atoms with Crippen molar-refractivity contribution in [3.05, 3.63) is 23.7 Å². The first-order valence-electron chi connectivity index (χ1n) is 6.75. The zero-order valence-corrected chi connectivity index (χ0v) is 11.2. The number of aryl methyl sites for hydroxylation is 1. The molecule has 1 aliphatic heterocycles. The van der Waals surface area contributed by atoms with Crippen molar-refractivity contribution in [2.24, 2.45) is 5.92 Å². The third kappa shape index (κ3) is 3.13. The SMILES string of the molecule is CCc1ccc(C(=O)N(C)CC2CCCNC2)o1. The van der Waals surface area contributed by atoms with Crippen molar-refractivity contribution < 1.29 is 9.21 Å². The van der Waals surface area contributed by atoms with Crippen LogP contribution in [0.2, 0.25) is 0 Å². The van der Waals surface area contributed by atoms with Gasteiger partial charge in [-0.25, -0.2) is 0 Å². The quantitative estimate of drug-likeness (QED) is 0.888.